The van der Waals surface area contributed by atoms with Crippen LogP contribution in [0.15, 0.2) is 79.1 Å². The number of imidazole rings is 1. The van der Waals surface area contributed by atoms with E-state index in [1.807, 2.05) is 41.0 Å². The molecular weight excluding hydrogens is 403 g/mol. The SMILES string of the molecule is O=C(NCC#Cc1cccc(C(F)(F)F)c1)c1ccc(-n2cnc3ccccc32)cc1. The number of halogens is 3. The Hall–Kier alpha value is -4.05. The Labute approximate surface area is 176 Å². The molecule has 0 aliphatic heterocycles. The van der Waals surface area contributed by atoms with Crippen molar-refractivity contribution in [3.63, 3.8) is 0 Å². The van der Waals surface area contributed by atoms with Crippen molar-refractivity contribution in [2.75, 3.05) is 6.54 Å². The number of benzene rings is 3. The first kappa shape index (κ1) is 20.2. The molecule has 3 aromatic carbocycles. The molecule has 154 valence electrons. The van der Waals surface area contributed by atoms with Gasteiger partial charge in [-0.25, -0.2) is 4.98 Å². The van der Waals surface area contributed by atoms with Gasteiger partial charge in [0.2, 0.25) is 0 Å². The van der Waals surface area contributed by atoms with Gasteiger partial charge in [-0.05, 0) is 54.6 Å². The Bertz CT molecular complexity index is 1300. The van der Waals surface area contributed by atoms with Crippen LogP contribution in [0.3, 0.4) is 0 Å². The highest BCUT2D eigenvalue weighted by Crippen LogP contribution is 2.29. The monoisotopic (exact) mass is 419 g/mol. The molecule has 1 N–H and O–H groups in total. The summed E-state index contributed by atoms with van der Waals surface area (Å²) in [5, 5.41) is 2.64. The quantitative estimate of drug-likeness (QED) is 0.484. The number of nitrogens with one attached hydrogen (secondary N) is 1. The summed E-state index contributed by atoms with van der Waals surface area (Å²) >= 11 is 0. The predicted octanol–water partition coefficient (Wildman–Crippen LogP) is 4.83. The molecule has 7 heteroatoms. The normalized spacial score (nSPS) is 11.1. The number of hydrogen-bond donors (Lipinski definition) is 1. The van der Waals surface area contributed by atoms with E-state index in [9.17, 15) is 18.0 Å². The Kier molecular flexibility index (Phi) is 5.46. The fourth-order valence-corrected chi connectivity index (χ4v) is 3.08. The van der Waals surface area contributed by atoms with Crippen LogP contribution in [0.25, 0.3) is 16.7 Å². The molecular formula is C24H16F3N3O. The Morgan fingerprint density at radius 2 is 1.77 bits per heavy atom. The van der Waals surface area contributed by atoms with Crippen LogP contribution in [-0.4, -0.2) is 22.0 Å². The van der Waals surface area contributed by atoms with Gasteiger partial charge < -0.3 is 5.32 Å². The molecule has 0 bridgehead atoms. The molecule has 0 aliphatic rings. The van der Waals surface area contributed by atoms with E-state index < -0.39 is 11.7 Å². The van der Waals surface area contributed by atoms with Gasteiger partial charge in [0.05, 0.1) is 23.1 Å². The van der Waals surface area contributed by atoms with Gasteiger partial charge in [0.1, 0.15) is 6.33 Å². The lowest BCUT2D eigenvalue weighted by atomic mass is 10.1. The van der Waals surface area contributed by atoms with E-state index in [1.54, 1.807) is 18.5 Å². The summed E-state index contributed by atoms with van der Waals surface area (Å²) in [7, 11) is 0. The van der Waals surface area contributed by atoms with Crippen molar-refractivity contribution in [3.05, 3.63) is 95.8 Å². The second-order valence-corrected chi connectivity index (χ2v) is 6.71. The van der Waals surface area contributed by atoms with Crippen LogP contribution in [0.4, 0.5) is 13.2 Å². The van der Waals surface area contributed by atoms with Crippen molar-refractivity contribution in [2.45, 2.75) is 6.18 Å². The predicted molar refractivity (Wildman–Crippen MR) is 112 cm³/mol. The number of nitrogens with zero attached hydrogens (tertiary/aromatic N) is 2. The van der Waals surface area contributed by atoms with Crippen molar-refractivity contribution in [1.29, 1.82) is 0 Å². The number of amides is 1. The summed E-state index contributed by atoms with van der Waals surface area (Å²) in [6.45, 7) is 0.0169. The Morgan fingerprint density at radius 3 is 2.55 bits per heavy atom. The number of para-hydroxylation sites is 2. The van der Waals surface area contributed by atoms with Crippen LogP contribution in [0, 0.1) is 11.8 Å². The summed E-state index contributed by atoms with van der Waals surface area (Å²) in [5.41, 5.74) is 2.65. The van der Waals surface area contributed by atoms with Crippen molar-refractivity contribution in [2.24, 2.45) is 0 Å². The molecule has 4 rings (SSSR count). The largest absolute Gasteiger partial charge is 0.416 e. The summed E-state index contributed by atoms with van der Waals surface area (Å²) in [6.07, 6.45) is -2.69. The molecule has 0 fully saturated rings. The first-order chi connectivity index (χ1) is 14.9. The van der Waals surface area contributed by atoms with Gasteiger partial charge in [0.15, 0.2) is 0 Å². The van der Waals surface area contributed by atoms with E-state index in [0.717, 1.165) is 28.9 Å². The van der Waals surface area contributed by atoms with Gasteiger partial charge >= 0.3 is 6.18 Å². The Balaban J connectivity index is 1.40. The van der Waals surface area contributed by atoms with Gasteiger partial charge in [-0.15, -0.1) is 0 Å². The lowest BCUT2D eigenvalue weighted by Gasteiger charge is -2.06. The van der Waals surface area contributed by atoms with E-state index in [2.05, 4.69) is 22.1 Å². The van der Waals surface area contributed by atoms with Crippen molar-refractivity contribution >= 4 is 16.9 Å². The van der Waals surface area contributed by atoms with E-state index in [-0.39, 0.29) is 18.0 Å². The second-order valence-electron chi connectivity index (χ2n) is 6.71. The highest BCUT2D eigenvalue weighted by Gasteiger charge is 2.30. The van der Waals surface area contributed by atoms with Gasteiger partial charge in [0, 0.05) is 16.8 Å². The van der Waals surface area contributed by atoms with Crippen LogP contribution in [-0.2, 0) is 6.18 Å². The number of carbonyl (C=O) groups is 1. The number of fused-ring (bicyclic) bond motifs is 1. The number of carbonyl (C=O) groups excluding carboxylic acids is 1. The van der Waals surface area contributed by atoms with Crippen molar-refractivity contribution in [1.82, 2.24) is 14.9 Å². The number of hydrogen-bond acceptors (Lipinski definition) is 2. The lowest BCUT2D eigenvalue weighted by Crippen LogP contribution is -2.23. The molecule has 1 heterocycles. The number of rotatable bonds is 3. The molecule has 0 spiro atoms. The maximum atomic E-state index is 12.7. The molecule has 4 nitrogen and oxygen atoms in total. The molecule has 0 radical (unpaired) electrons. The molecule has 0 saturated carbocycles. The molecule has 4 aromatic rings. The van der Waals surface area contributed by atoms with Gasteiger partial charge in [-0.1, -0.05) is 30.0 Å². The Morgan fingerprint density at radius 1 is 1.00 bits per heavy atom. The second kappa shape index (κ2) is 8.36. The maximum absolute atomic E-state index is 12.7. The summed E-state index contributed by atoms with van der Waals surface area (Å²) in [6, 6.07) is 19.5. The molecule has 1 amide bonds. The highest BCUT2D eigenvalue weighted by atomic mass is 19.4. The van der Waals surface area contributed by atoms with E-state index in [0.29, 0.717) is 5.56 Å². The summed E-state index contributed by atoms with van der Waals surface area (Å²) in [4.78, 5) is 16.7. The molecule has 31 heavy (non-hydrogen) atoms. The molecule has 0 aliphatic carbocycles. The average Bonchev–Trinajstić information content (AvgIpc) is 3.20. The summed E-state index contributed by atoms with van der Waals surface area (Å²) < 4.78 is 40.1. The zero-order valence-electron chi connectivity index (χ0n) is 16.1. The third-order valence-corrected chi connectivity index (χ3v) is 4.62. The van der Waals surface area contributed by atoms with Crippen LogP contribution >= 0.6 is 0 Å². The van der Waals surface area contributed by atoms with Gasteiger partial charge in [-0.2, -0.15) is 13.2 Å². The van der Waals surface area contributed by atoms with Crippen LogP contribution < -0.4 is 5.32 Å². The zero-order chi connectivity index (χ0) is 21.8. The minimum Gasteiger partial charge on any atom is -0.341 e. The third-order valence-electron chi connectivity index (χ3n) is 4.62. The third kappa shape index (κ3) is 4.59. The van der Waals surface area contributed by atoms with E-state index in [1.165, 1.54) is 12.1 Å². The van der Waals surface area contributed by atoms with Crippen molar-refractivity contribution < 1.29 is 18.0 Å². The smallest absolute Gasteiger partial charge is 0.341 e. The first-order valence-corrected chi connectivity index (χ1v) is 9.39. The standard InChI is InChI=1S/C24H16F3N3O/c25-24(26,27)19-7-3-5-17(15-19)6-4-14-28-23(31)18-10-12-20(13-11-18)30-16-29-21-8-1-2-9-22(21)30/h1-3,5,7-13,15-16H,14H2,(H,28,31). The van der Waals surface area contributed by atoms with Gasteiger partial charge in [0.25, 0.3) is 5.91 Å². The van der Waals surface area contributed by atoms with Crippen LogP contribution in [0.5, 0.6) is 0 Å². The average molecular weight is 419 g/mol. The van der Waals surface area contributed by atoms with E-state index >= 15 is 0 Å². The fraction of sp³-hybridized carbons (Fsp3) is 0.0833. The zero-order valence-corrected chi connectivity index (χ0v) is 16.1. The molecule has 1 aromatic heterocycles. The number of alkyl halides is 3. The molecule has 0 unspecified atom stereocenters. The first-order valence-electron chi connectivity index (χ1n) is 9.39. The fourth-order valence-electron chi connectivity index (χ4n) is 3.08. The lowest BCUT2D eigenvalue weighted by molar-refractivity contribution is -0.137. The maximum Gasteiger partial charge on any atom is 0.416 e. The minimum atomic E-state index is -4.42. The van der Waals surface area contributed by atoms with Crippen LogP contribution in [0.1, 0.15) is 21.5 Å². The van der Waals surface area contributed by atoms with Gasteiger partial charge in [-0.3, -0.25) is 9.36 Å². The van der Waals surface area contributed by atoms with E-state index in [4.69, 9.17) is 0 Å². The van der Waals surface area contributed by atoms with Crippen molar-refractivity contribution in [3.8, 4) is 17.5 Å². The summed E-state index contributed by atoms with van der Waals surface area (Å²) in [5.74, 6) is 4.99. The number of aromatic nitrogens is 2. The molecule has 0 atom stereocenters. The molecule has 0 saturated heterocycles. The van der Waals surface area contributed by atoms with Crippen LogP contribution in [0.2, 0.25) is 0 Å². The highest BCUT2D eigenvalue weighted by molar-refractivity contribution is 5.94. The minimum absolute atomic E-state index is 0.0169. The topological polar surface area (TPSA) is 46.9 Å².